The first-order chi connectivity index (χ1) is 5.81. The summed E-state index contributed by atoms with van der Waals surface area (Å²) in [7, 11) is 1.30. The summed E-state index contributed by atoms with van der Waals surface area (Å²) in [6.45, 7) is 2.52. The summed E-state index contributed by atoms with van der Waals surface area (Å²) in [5.74, 6) is 0. The monoisotopic (exact) mass is 172 g/mol. The Balaban J connectivity index is 3.10. The molecule has 0 heterocycles. The maximum atomic E-state index is 10.4. The van der Waals surface area contributed by atoms with Crippen LogP contribution in [0, 0.1) is 0 Å². The van der Waals surface area contributed by atoms with Crippen molar-refractivity contribution in [3.8, 4) is 0 Å². The van der Waals surface area contributed by atoms with Gasteiger partial charge in [-0.05, 0) is 19.3 Å². The van der Waals surface area contributed by atoms with Crippen LogP contribution in [-0.2, 0) is 9.47 Å². The van der Waals surface area contributed by atoms with Crippen LogP contribution in [-0.4, -0.2) is 19.9 Å². The van der Waals surface area contributed by atoms with Gasteiger partial charge in [0.1, 0.15) is 0 Å². The molecule has 70 valence electrons. The van der Waals surface area contributed by atoms with E-state index >= 15 is 0 Å². The van der Waals surface area contributed by atoms with Crippen LogP contribution >= 0.6 is 0 Å². The van der Waals surface area contributed by atoms with E-state index in [2.05, 4.69) is 28.5 Å². The number of rotatable bonds is 5. The SMILES string of the molecule is CCC=CCCCOC(=O)OC. The van der Waals surface area contributed by atoms with Gasteiger partial charge in [0.05, 0.1) is 13.7 Å². The van der Waals surface area contributed by atoms with E-state index in [1.165, 1.54) is 7.11 Å². The number of carbonyl (C=O) groups excluding carboxylic acids is 1. The average molecular weight is 172 g/mol. The molecule has 0 fully saturated rings. The van der Waals surface area contributed by atoms with Crippen molar-refractivity contribution in [3.05, 3.63) is 12.2 Å². The molecular formula is C9H16O3. The molecule has 12 heavy (non-hydrogen) atoms. The van der Waals surface area contributed by atoms with Crippen molar-refractivity contribution in [1.29, 1.82) is 0 Å². The van der Waals surface area contributed by atoms with Gasteiger partial charge in [-0.25, -0.2) is 4.79 Å². The molecule has 0 saturated carbocycles. The molecule has 0 unspecified atom stereocenters. The Labute approximate surface area is 73.4 Å². The van der Waals surface area contributed by atoms with Crippen molar-refractivity contribution >= 4 is 6.16 Å². The highest BCUT2D eigenvalue weighted by molar-refractivity contribution is 5.59. The molecule has 0 aliphatic heterocycles. The lowest BCUT2D eigenvalue weighted by atomic mass is 10.3. The normalized spacial score (nSPS) is 10.2. The van der Waals surface area contributed by atoms with Crippen LogP contribution in [0.5, 0.6) is 0 Å². The van der Waals surface area contributed by atoms with Crippen LogP contribution in [0.4, 0.5) is 4.79 Å². The molecular weight excluding hydrogens is 156 g/mol. The zero-order valence-electron chi connectivity index (χ0n) is 7.71. The predicted octanol–water partition coefficient (Wildman–Crippen LogP) is 2.52. The number of ether oxygens (including phenoxy) is 2. The van der Waals surface area contributed by atoms with Crippen LogP contribution in [0.1, 0.15) is 26.2 Å². The van der Waals surface area contributed by atoms with Crippen molar-refractivity contribution in [1.82, 2.24) is 0 Å². The molecule has 0 aromatic rings. The predicted molar refractivity (Wildman–Crippen MR) is 47.0 cm³/mol. The van der Waals surface area contributed by atoms with E-state index in [4.69, 9.17) is 0 Å². The zero-order valence-corrected chi connectivity index (χ0v) is 7.71. The second kappa shape index (κ2) is 8.11. The highest BCUT2D eigenvalue weighted by atomic mass is 16.7. The summed E-state index contributed by atoms with van der Waals surface area (Å²) in [6, 6.07) is 0. The van der Waals surface area contributed by atoms with E-state index in [-0.39, 0.29) is 0 Å². The number of unbranched alkanes of at least 4 members (excludes halogenated alkanes) is 1. The van der Waals surface area contributed by atoms with Crippen molar-refractivity contribution in [2.45, 2.75) is 26.2 Å². The minimum Gasteiger partial charge on any atom is -0.438 e. The van der Waals surface area contributed by atoms with Gasteiger partial charge in [0.2, 0.25) is 0 Å². The van der Waals surface area contributed by atoms with Gasteiger partial charge in [-0.15, -0.1) is 0 Å². The van der Waals surface area contributed by atoms with Crippen molar-refractivity contribution in [2.75, 3.05) is 13.7 Å². The molecule has 0 aliphatic rings. The Bertz CT molecular complexity index is 141. The van der Waals surface area contributed by atoms with Crippen molar-refractivity contribution < 1.29 is 14.3 Å². The van der Waals surface area contributed by atoms with Crippen molar-refractivity contribution in [3.63, 3.8) is 0 Å². The lowest BCUT2D eigenvalue weighted by Crippen LogP contribution is -2.04. The summed E-state index contributed by atoms with van der Waals surface area (Å²) in [4.78, 5) is 10.4. The molecule has 0 rings (SSSR count). The summed E-state index contributed by atoms with van der Waals surface area (Å²) < 4.78 is 8.98. The molecule has 0 aliphatic carbocycles. The molecule has 3 heteroatoms. The number of allylic oxidation sites excluding steroid dienone is 2. The van der Waals surface area contributed by atoms with Gasteiger partial charge in [0, 0.05) is 0 Å². The Morgan fingerprint density at radius 3 is 2.75 bits per heavy atom. The van der Waals surface area contributed by atoms with E-state index in [0.717, 1.165) is 19.3 Å². The molecule has 0 bridgehead atoms. The van der Waals surface area contributed by atoms with Gasteiger partial charge in [-0.2, -0.15) is 0 Å². The van der Waals surface area contributed by atoms with Gasteiger partial charge in [0.15, 0.2) is 0 Å². The molecule has 0 aromatic heterocycles. The zero-order chi connectivity index (χ0) is 9.23. The molecule has 0 N–H and O–H groups in total. The summed E-state index contributed by atoms with van der Waals surface area (Å²) in [6.07, 6.45) is 6.43. The smallest absolute Gasteiger partial charge is 0.438 e. The minimum absolute atomic E-state index is 0.431. The third-order valence-electron chi connectivity index (χ3n) is 1.30. The number of carbonyl (C=O) groups is 1. The fraction of sp³-hybridized carbons (Fsp3) is 0.667. The standard InChI is InChI=1S/C9H16O3/c1-3-4-5-6-7-8-12-9(10)11-2/h4-5H,3,6-8H2,1-2H3. The topological polar surface area (TPSA) is 35.5 Å². The maximum Gasteiger partial charge on any atom is 0.507 e. The van der Waals surface area contributed by atoms with E-state index < -0.39 is 6.16 Å². The fourth-order valence-electron chi connectivity index (χ4n) is 0.700. The van der Waals surface area contributed by atoms with Crippen LogP contribution in [0.25, 0.3) is 0 Å². The van der Waals surface area contributed by atoms with E-state index in [1.807, 2.05) is 0 Å². The Kier molecular flexibility index (Phi) is 7.44. The Hall–Kier alpha value is -0.990. The lowest BCUT2D eigenvalue weighted by Gasteiger charge is -2.00. The molecule has 0 amide bonds. The quantitative estimate of drug-likeness (QED) is 0.363. The van der Waals surface area contributed by atoms with Gasteiger partial charge in [-0.1, -0.05) is 19.1 Å². The fourth-order valence-corrected chi connectivity index (χ4v) is 0.700. The van der Waals surface area contributed by atoms with Crippen LogP contribution in [0.3, 0.4) is 0 Å². The van der Waals surface area contributed by atoms with Gasteiger partial charge in [0.25, 0.3) is 0 Å². The number of hydrogen-bond acceptors (Lipinski definition) is 3. The second-order valence-electron chi connectivity index (χ2n) is 2.32. The van der Waals surface area contributed by atoms with Crippen LogP contribution in [0.2, 0.25) is 0 Å². The van der Waals surface area contributed by atoms with E-state index in [0.29, 0.717) is 6.61 Å². The van der Waals surface area contributed by atoms with Crippen LogP contribution < -0.4 is 0 Å². The molecule has 0 spiro atoms. The summed E-state index contributed by atoms with van der Waals surface area (Å²) in [5.41, 5.74) is 0. The molecule has 0 saturated heterocycles. The maximum absolute atomic E-state index is 10.4. The van der Waals surface area contributed by atoms with Gasteiger partial charge < -0.3 is 9.47 Å². The minimum atomic E-state index is -0.602. The Morgan fingerprint density at radius 2 is 2.17 bits per heavy atom. The highest BCUT2D eigenvalue weighted by Gasteiger charge is 1.97. The largest absolute Gasteiger partial charge is 0.507 e. The summed E-state index contributed by atoms with van der Waals surface area (Å²) in [5, 5.41) is 0. The summed E-state index contributed by atoms with van der Waals surface area (Å²) >= 11 is 0. The molecule has 0 radical (unpaired) electrons. The number of hydrogen-bond donors (Lipinski definition) is 0. The average Bonchev–Trinajstić information content (AvgIpc) is 2.10. The van der Waals surface area contributed by atoms with E-state index in [9.17, 15) is 4.79 Å². The second-order valence-corrected chi connectivity index (χ2v) is 2.32. The van der Waals surface area contributed by atoms with Crippen molar-refractivity contribution in [2.24, 2.45) is 0 Å². The first-order valence-electron chi connectivity index (χ1n) is 4.17. The molecule has 3 nitrogen and oxygen atoms in total. The van der Waals surface area contributed by atoms with Gasteiger partial charge >= 0.3 is 6.16 Å². The van der Waals surface area contributed by atoms with Gasteiger partial charge in [-0.3, -0.25) is 0 Å². The first kappa shape index (κ1) is 11.0. The lowest BCUT2D eigenvalue weighted by molar-refractivity contribution is 0.0721. The first-order valence-corrected chi connectivity index (χ1v) is 4.17. The van der Waals surface area contributed by atoms with E-state index in [1.54, 1.807) is 0 Å². The van der Waals surface area contributed by atoms with Crippen LogP contribution in [0.15, 0.2) is 12.2 Å². The third-order valence-corrected chi connectivity index (χ3v) is 1.30. The molecule has 0 atom stereocenters. The Morgan fingerprint density at radius 1 is 1.42 bits per heavy atom. The third kappa shape index (κ3) is 7.12. The highest BCUT2D eigenvalue weighted by Crippen LogP contribution is 1.94. The molecule has 0 aromatic carbocycles. The number of methoxy groups -OCH3 is 1.